The van der Waals surface area contributed by atoms with Crippen molar-refractivity contribution in [2.24, 2.45) is 10.8 Å². The largest absolute Gasteiger partial charge is 0.466 e. The number of benzene rings is 1. The van der Waals surface area contributed by atoms with Crippen LogP contribution in [-0.4, -0.2) is 58.2 Å². The Bertz CT molecular complexity index is 1380. The maximum absolute atomic E-state index is 14.5. The van der Waals surface area contributed by atoms with Gasteiger partial charge in [-0.2, -0.15) is 31.4 Å². The first-order valence-corrected chi connectivity index (χ1v) is 14.3. The first kappa shape index (κ1) is 33.1. The van der Waals surface area contributed by atoms with Crippen LogP contribution in [-0.2, 0) is 15.7 Å². The fraction of sp³-hybridized carbons (Fsp3) is 0.571. The standard InChI is InChI=1S/C28H29Cl2F6N3O4/c1-3-43-24(42)25(2)9-7-16(8-10-25)39-22(27(31,32)33)17(13-37-39)23(41)38(15-26(11-12-26)28(34,35)36)14-20(40)21-18(29)5-4-6-19(21)30/h4-6,13,16H,3,7-12,14-15H2,1-2H3/t16-,25-. The van der Waals surface area contributed by atoms with Crippen molar-refractivity contribution in [3.05, 3.63) is 51.3 Å². The lowest BCUT2D eigenvalue weighted by Crippen LogP contribution is -2.44. The van der Waals surface area contributed by atoms with Gasteiger partial charge in [0.05, 0.1) is 57.4 Å². The molecule has 1 heterocycles. The lowest BCUT2D eigenvalue weighted by Gasteiger charge is -2.36. The quantitative estimate of drug-likeness (QED) is 0.158. The SMILES string of the molecule is CCOC(=O)[C@]1(C)CC[C@@H](n2ncc(C(=O)N(CC(=O)c3c(Cl)cccc3Cl)CC3(C(F)(F)F)CC3)c2C(F)(F)F)CC1. The molecule has 0 N–H and O–H groups in total. The molecule has 1 aromatic heterocycles. The van der Waals surface area contributed by atoms with Crippen molar-refractivity contribution in [1.29, 1.82) is 0 Å². The summed E-state index contributed by atoms with van der Waals surface area (Å²) in [5, 5.41) is 3.59. The summed E-state index contributed by atoms with van der Waals surface area (Å²) in [6, 6.07) is 3.21. The highest BCUT2D eigenvalue weighted by Gasteiger charge is 2.64. The third-order valence-corrected chi connectivity index (χ3v) is 8.91. The van der Waals surface area contributed by atoms with Gasteiger partial charge >= 0.3 is 18.3 Å². The summed E-state index contributed by atoms with van der Waals surface area (Å²) in [6.07, 6.45) is -9.31. The van der Waals surface area contributed by atoms with Gasteiger partial charge in [-0.1, -0.05) is 29.3 Å². The predicted octanol–water partition coefficient (Wildman–Crippen LogP) is 7.56. The number of Topliss-reactive ketones (excluding diaryl/α,β-unsaturated/α-hetero) is 1. The van der Waals surface area contributed by atoms with Gasteiger partial charge in [0, 0.05) is 6.54 Å². The monoisotopic (exact) mass is 655 g/mol. The van der Waals surface area contributed by atoms with Gasteiger partial charge in [-0.15, -0.1) is 0 Å². The Morgan fingerprint density at radius 3 is 2.12 bits per heavy atom. The van der Waals surface area contributed by atoms with Crippen molar-refractivity contribution in [3.8, 4) is 0 Å². The Hall–Kier alpha value is -2.80. The van der Waals surface area contributed by atoms with Gasteiger partial charge in [0.25, 0.3) is 5.91 Å². The van der Waals surface area contributed by atoms with Crippen LogP contribution in [0.5, 0.6) is 0 Å². The summed E-state index contributed by atoms with van der Waals surface area (Å²) >= 11 is 12.1. The average molecular weight is 656 g/mol. The second-order valence-corrected chi connectivity index (χ2v) is 12.1. The number of carbonyl (C=O) groups excluding carboxylic acids is 3. The average Bonchev–Trinajstić information content (AvgIpc) is 3.56. The number of amides is 1. The minimum atomic E-state index is -5.12. The van der Waals surface area contributed by atoms with Crippen molar-refractivity contribution in [2.45, 2.75) is 70.8 Å². The van der Waals surface area contributed by atoms with Gasteiger partial charge in [-0.05, 0) is 64.5 Å². The maximum Gasteiger partial charge on any atom is 0.433 e. The third-order valence-electron chi connectivity index (χ3n) is 8.28. The first-order chi connectivity index (χ1) is 19.9. The van der Waals surface area contributed by atoms with E-state index in [1.54, 1.807) is 13.8 Å². The van der Waals surface area contributed by atoms with E-state index in [2.05, 4.69) is 5.10 Å². The Labute approximate surface area is 253 Å². The molecule has 0 spiro atoms. The number of alkyl halides is 6. The number of ketones is 1. The number of nitrogens with zero attached hydrogens (tertiary/aromatic N) is 3. The van der Waals surface area contributed by atoms with Crippen LogP contribution in [0.3, 0.4) is 0 Å². The molecule has 4 rings (SSSR count). The van der Waals surface area contributed by atoms with E-state index < -0.39 is 71.2 Å². The maximum atomic E-state index is 14.5. The fourth-order valence-corrected chi connectivity index (χ4v) is 6.11. The Balaban J connectivity index is 1.68. The Morgan fingerprint density at radius 2 is 1.63 bits per heavy atom. The summed E-state index contributed by atoms with van der Waals surface area (Å²) in [5.74, 6) is -2.83. The fourth-order valence-electron chi connectivity index (χ4n) is 5.51. The van der Waals surface area contributed by atoms with Gasteiger partial charge in [0.15, 0.2) is 11.5 Å². The lowest BCUT2D eigenvalue weighted by atomic mass is 9.74. The second-order valence-electron chi connectivity index (χ2n) is 11.3. The van der Waals surface area contributed by atoms with E-state index in [1.165, 1.54) is 18.2 Å². The molecule has 7 nitrogen and oxygen atoms in total. The van der Waals surface area contributed by atoms with Crippen LogP contribution in [0.4, 0.5) is 26.3 Å². The molecule has 0 saturated heterocycles. The third kappa shape index (κ3) is 6.67. The molecule has 15 heteroatoms. The van der Waals surface area contributed by atoms with E-state index in [-0.39, 0.29) is 60.7 Å². The number of rotatable bonds is 9. The number of ether oxygens (including phenoxy) is 1. The highest BCUT2D eigenvalue weighted by molar-refractivity contribution is 6.40. The highest BCUT2D eigenvalue weighted by atomic mass is 35.5. The van der Waals surface area contributed by atoms with Crippen LogP contribution in [0.2, 0.25) is 10.0 Å². The molecule has 0 bridgehead atoms. The number of hydrogen-bond acceptors (Lipinski definition) is 5. The smallest absolute Gasteiger partial charge is 0.433 e. The number of aromatic nitrogens is 2. The van der Waals surface area contributed by atoms with E-state index in [9.17, 15) is 40.7 Å². The Kier molecular flexibility index (Phi) is 9.20. The van der Waals surface area contributed by atoms with Gasteiger partial charge in [0.2, 0.25) is 0 Å². The highest BCUT2D eigenvalue weighted by Crippen LogP contribution is 2.58. The zero-order valence-electron chi connectivity index (χ0n) is 23.2. The van der Waals surface area contributed by atoms with Crippen LogP contribution >= 0.6 is 23.2 Å². The second kappa shape index (κ2) is 11.9. The topological polar surface area (TPSA) is 81.5 Å². The normalized spacial score (nSPS) is 21.8. The van der Waals surface area contributed by atoms with Crippen LogP contribution in [0.15, 0.2) is 24.4 Å². The molecule has 0 atom stereocenters. The molecule has 2 aliphatic rings. The predicted molar refractivity (Wildman–Crippen MR) is 144 cm³/mol. The van der Waals surface area contributed by atoms with Crippen molar-refractivity contribution in [3.63, 3.8) is 0 Å². The van der Waals surface area contributed by atoms with E-state index in [1.807, 2.05) is 0 Å². The summed E-state index contributed by atoms with van der Waals surface area (Å²) in [5.41, 5.74) is -5.94. The molecule has 236 valence electrons. The molecule has 2 aliphatic carbocycles. The first-order valence-electron chi connectivity index (χ1n) is 13.6. The summed E-state index contributed by atoms with van der Waals surface area (Å²) < 4.78 is 90.9. The van der Waals surface area contributed by atoms with Crippen molar-refractivity contribution >= 4 is 40.9 Å². The van der Waals surface area contributed by atoms with E-state index in [0.717, 1.165) is 0 Å². The minimum absolute atomic E-state index is 0.109. The molecule has 2 saturated carbocycles. The molecule has 0 aliphatic heterocycles. The van der Waals surface area contributed by atoms with Crippen molar-refractivity contribution < 1.29 is 45.5 Å². The van der Waals surface area contributed by atoms with Gasteiger partial charge in [0.1, 0.15) is 0 Å². The molecular weight excluding hydrogens is 627 g/mol. The van der Waals surface area contributed by atoms with Crippen molar-refractivity contribution in [2.75, 3.05) is 19.7 Å². The summed E-state index contributed by atoms with van der Waals surface area (Å²) in [6.45, 7) is 1.43. The van der Waals surface area contributed by atoms with Crippen LogP contribution in [0.1, 0.15) is 84.8 Å². The van der Waals surface area contributed by atoms with Crippen LogP contribution in [0, 0.1) is 10.8 Å². The molecule has 1 aromatic carbocycles. The summed E-state index contributed by atoms with van der Waals surface area (Å²) in [4.78, 5) is 39.7. The van der Waals surface area contributed by atoms with Crippen LogP contribution in [0.25, 0.3) is 0 Å². The van der Waals surface area contributed by atoms with E-state index in [4.69, 9.17) is 27.9 Å². The van der Waals surface area contributed by atoms with E-state index >= 15 is 0 Å². The molecule has 1 amide bonds. The number of hydrogen-bond donors (Lipinski definition) is 0. The number of halogens is 8. The molecule has 0 unspecified atom stereocenters. The van der Waals surface area contributed by atoms with Crippen molar-refractivity contribution in [1.82, 2.24) is 14.7 Å². The number of carbonyl (C=O) groups is 3. The minimum Gasteiger partial charge on any atom is -0.466 e. The molecule has 2 fully saturated rings. The molecule has 43 heavy (non-hydrogen) atoms. The zero-order chi connectivity index (χ0) is 32.0. The molecule has 0 radical (unpaired) electrons. The van der Waals surface area contributed by atoms with Gasteiger partial charge in [-0.25, -0.2) is 0 Å². The van der Waals surface area contributed by atoms with Crippen LogP contribution < -0.4 is 0 Å². The van der Waals surface area contributed by atoms with Gasteiger partial charge < -0.3 is 9.64 Å². The van der Waals surface area contributed by atoms with Gasteiger partial charge in [-0.3, -0.25) is 19.1 Å². The molecular formula is C28H29Cl2F6N3O4. The zero-order valence-corrected chi connectivity index (χ0v) is 24.8. The number of esters is 1. The van der Waals surface area contributed by atoms with E-state index in [0.29, 0.717) is 15.8 Å². The summed E-state index contributed by atoms with van der Waals surface area (Å²) in [7, 11) is 0. The Morgan fingerprint density at radius 1 is 1.05 bits per heavy atom. The molecule has 2 aromatic rings. The lowest BCUT2D eigenvalue weighted by molar-refractivity contribution is -0.189.